The van der Waals surface area contributed by atoms with Crippen LogP contribution >= 0.6 is 0 Å². The quantitative estimate of drug-likeness (QED) is 0.883. The Bertz CT molecular complexity index is 703. The highest BCUT2D eigenvalue weighted by Crippen LogP contribution is 2.34. The molecule has 24 heavy (non-hydrogen) atoms. The number of primary amides is 1. The Labute approximate surface area is 142 Å². The maximum Gasteiger partial charge on any atom is 0.250 e. The first-order valence-electron chi connectivity index (χ1n) is 8.51. The molecule has 3 rings (SSSR count). The summed E-state index contributed by atoms with van der Waals surface area (Å²) in [5.41, 5.74) is 8.68. The number of amides is 1. The van der Waals surface area contributed by atoms with Crippen LogP contribution in [0.5, 0.6) is 0 Å². The molecule has 0 unspecified atom stereocenters. The van der Waals surface area contributed by atoms with Gasteiger partial charge in [-0.25, -0.2) is 0 Å². The summed E-state index contributed by atoms with van der Waals surface area (Å²) in [5, 5.41) is 10.3. The van der Waals surface area contributed by atoms with Crippen molar-refractivity contribution in [3.8, 4) is 0 Å². The highest BCUT2D eigenvalue weighted by molar-refractivity contribution is 5.94. The van der Waals surface area contributed by atoms with Crippen LogP contribution in [0, 0.1) is 0 Å². The molecule has 0 aromatic carbocycles. The molecular formula is C19H23N3O2. The Kier molecular flexibility index (Phi) is 5.20. The van der Waals surface area contributed by atoms with Crippen molar-refractivity contribution in [2.45, 2.75) is 50.5 Å². The standard InChI is InChI=1S/C19H23N3O2/c20-19(24)16-10-9-14(8-7-13-4-3-11-21-12-13)22-18(16)15-5-1-2-6-17(15)23/h3-4,9-12,15,17,23H,1-2,5-8H2,(H2,20,24)/t15-,17+/m0/s1. The number of hydrogen-bond donors (Lipinski definition) is 2. The molecule has 0 aliphatic heterocycles. The van der Waals surface area contributed by atoms with Crippen molar-refractivity contribution < 1.29 is 9.90 Å². The summed E-state index contributed by atoms with van der Waals surface area (Å²) >= 11 is 0. The van der Waals surface area contributed by atoms with Gasteiger partial charge in [-0.15, -0.1) is 0 Å². The van der Waals surface area contributed by atoms with Crippen molar-refractivity contribution in [1.82, 2.24) is 9.97 Å². The predicted octanol–water partition coefficient (Wildman–Crippen LogP) is 2.38. The second-order valence-electron chi connectivity index (χ2n) is 6.42. The van der Waals surface area contributed by atoms with Crippen LogP contribution < -0.4 is 5.73 Å². The van der Waals surface area contributed by atoms with Crippen LogP contribution in [0.1, 0.15) is 58.9 Å². The average molecular weight is 325 g/mol. The number of aromatic nitrogens is 2. The second kappa shape index (κ2) is 7.53. The molecule has 0 saturated heterocycles. The van der Waals surface area contributed by atoms with Crippen LogP contribution in [-0.4, -0.2) is 27.1 Å². The number of aliphatic hydroxyl groups excluding tert-OH is 1. The van der Waals surface area contributed by atoms with E-state index in [1.165, 1.54) is 0 Å². The molecule has 126 valence electrons. The summed E-state index contributed by atoms with van der Waals surface area (Å²) in [6.07, 6.45) is 8.42. The number of nitrogens with zero attached hydrogens (tertiary/aromatic N) is 2. The first-order chi connectivity index (χ1) is 11.6. The van der Waals surface area contributed by atoms with Crippen molar-refractivity contribution in [3.05, 3.63) is 59.2 Å². The van der Waals surface area contributed by atoms with Gasteiger partial charge in [-0.05, 0) is 49.4 Å². The van der Waals surface area contributed by atoms with Gasteiger partial charge in [0.15, 0.2) is 0 Å². The molecule has 0 bridgehead atoms. The minimum Gasteiger partial charge on any atom is -0.392 e. The van der Waals surface area contributed by atoms with E-state index >= 15 is 0 Å². The van der Waals surface area contributed by atoms with Gasteiger partial charge in [0, 0.05) is 24.0 Å². The topological polar surface area (TPSA) is 89.1 Å². The molecule has 3 N–H and O–H groups in total. The lowest BCUT2D eigenvalue weighted by Crippen LogP contribution is -2.27. The molecule has 1 fully saturated rings. The third kappa shape index (κ3) is 3.79. The van der Waals surface area contributed by atoms with Gasteiger partial charge in [-0.2, -0.15) is 0 Å². The Morgan fingerprint density at radius 2 is 2.04 bits per heavy atom. The van der Waals surface area contributed by atoms with E-state index in [1.54, 1.807) is 12.3 Å². The zero-order chi connectivity index (χ0) is 16.9. The summed E-state index contributed by atoms with van der Waals surface area (Å²) in [5.74, 6) is -0.575. The lowest BCUT2D eigenvalue weighted by molar-refractivity contribution is 0.0971. The van der Waals surface area contributed by atoms with Gasteiger partial charge in [-0.3, -0.25) is 14.8 Å². The number of carbonyl (C=O) groups is 1. The third-order valence-corrected chi connectivity index (χ3v) is 4.72. The van der Waals surface area contributed by atoms with Crippen LogP contribution in [0.25, 0.3) is 0 Å². The zero-order valence-electron chi connectivity index (χ0n) is 13.7. The first kappa shape index (κ1) is 16.6. The number of rotatable bonds is 5. The molecule has 2 heterocycles. The average Bonchev–Trinajstić information content (AvgIpc) is 2.61. The van der Waals surface area contributed by atoms with Gasteiger partial charge >= 0.3 is 0 Å². The number of aryl methyl sites for hydroxylation is 2. The third-order valence-electron chi connectivity index (χ3n) is 4.72. The molecule has 0 spiro atoms. The Morgan fingerprint density at radius 1 is 1.21 bits per heavy atom. The minimum atomic E-state index is -0.478. The van der Waals surface area contributed by atoms with Gasteiger partial charge in [0.05, 0.1) is 17.4 Å². The maximum atomic E-state index is 11.8. The Hall–Kier alpha value is -2.27. The molecular weight excluding hydrogens is 302 g/mol. The van der Waals surface area contributed by atoms with E-state index in [9.17, 15) is 9.90 Å². The fourth-order valence-electron chi connectivity index (χ4n) is 3.40. The van der Waals surface area contributed by atoms with Gasteiger partial charge in [-0.1, -0.05) is 18.9 Å². The highest BCUT2D eigenvalue weighted by atomic mass is 16.3. The van der Waals surface area contributed by atoms with E-state index in [1.807, 2.05) is 24.4 Å². The van der Waals surface area contributed by atoms with E-state index in [4.69, 9.17) is 10.7 Å². The predicted molar refractivity (Wildman–Crippen MR) is 91.6 cm³/mol. The highest BCUT2D eigenvalue weighted by Gasteiger charge is 2.29. The summed E-state index contributed by atoms with van der Waals surface area (Å²) in [7, 11) is 0. The molecule has 2 atom stereocenters. The molecule has 5 nitrogen and oxygen atoms in total. The minimum absolute atomic E-state index is 0.0976. The summed E-state index contributed by atoms with van der Waals surface area (Å²) in [6, 6.07) is 7.57. The number of nitrogens with two attached hydrogens (primary N) is 1. The molecule has 1 saturated carbocycles. The van der Waals surface area contributed by atoms with Crippen LogP contribution in [0.15, 0.2) is 36.7 Å². The van der Waals surface area contributed by atoms with E-state index in [0.717, 1.165) is 49.8 Å². The molecule has 1 aliphatic rings. The van der Waals surface area contributed by atoms with Crippen molar-refractivity contribution in [3.63, 3.8) is 0 Å². The number of hydrogen-bond acceptors (Lipinski definition) is 4. The number of carbonyl (C=O) groups excluding carboxylic acids is 1. The van der Waals surface area contributed by atoms with E-state index < -0.39 is 12.0 Å². The van der Waals surface area contributed by atoms with Gasteiger partial charge < -0.3 is 10.8 Å². The Balaban J connectivity index is 1.83. The van der Waals surface area contributed by atoms with E-state index in [0.29, 0.717) is 11.3 Å². The Morgan fingerprint density at radius 3 is 2.75 bits per heavy atom. The van der Waals surface area contributed by atoms with Crippen molar-refractivity contribution >= 4 is 5.91 Å². The van der Waals surface area contributed by atoms with Gasteiger partial charge in [0.2, 0.25) is 0 Å². The molecule has 5 heteroatoms. The number of aliphatic hydroxyl groups is 1. The van der Waals surface area contributed by atoms with Crippen LogP contribution in [0.4, 0.5) is 0 Å². The largest absolute Gasteiger partial charge is 0.392 e. The molecule has 2 aromatic heterocycles. The molecule has 2 aromatic rings. The fraction of sp³-hybridized carbons (Fsp3) is 0.421. The smallest absolute Gasteiger partial charge is 0.250 e. The van der Waals surface area contributed by atoms with Gasteiger partial charge in [0.1, 0.15) is 0 Å². The van der Waals surface area contributed by atoms with Crippen LogP contribution in [0.2, 0.25) is 0 Å². The fourth-order valence-corrected chi connectivity index (χ4v) is 3.40. The zero-order valence-corrected chi connectivity index (χ0v) is 13.7. The summed E-state index contributed by atoms with van der Waals surface area (Å²) in [4.78, 5) is 20.6. The SMILES string of the molecule is NC(=O)c1ccc(CCc2cccnc2)nc1[C@H]1CCCC[C@H]1O. The van der Waals surface area contributed by atoms with Crippen LogP contribution in [0.3, 0.4) is 0 Å². The van der Waals surface area contributed by atoms with Crippen LogP contribution in [-0.2, 0) is 12.8 Å². The summed E-state index contributed by atoms with van der Waals surface area (Å²) in [6.45, 7) is 0. The second-order valence-corrected chi connectivity index (χ2v) is 6.42. The van der Waals surface area contributed by atoms with E-state index in [2.05, 4.69) is 4.98 Å². The lowest BCUT2D eigenvalue weighted by Gasteiger charge is -2.28. The molecule has 1 amide bonds. The normalized spacial score (nSPS) is 20.7. The first-order valence-corrected chi connectivity index (χ1v) is 8.51. The van der Waals surface area contributed by atoms with Gasteiger partial charge in [0.25, 0.3) is 5.91 Å². The monoisotopic (exact) mass is 325 g/mol. The number of pyridine rings is 2. The molecule has 0 radical (unpaired) electrons. The van der Waals surface area contributed by atoms with Crippen molar-refractivity contribution in [2.24, 2.45) is 5.73 Å². The van der Waals surface area contributed by atoms with Crippen molar-refractivity contribution in [2.75, 3.05) is 0 Å². The summed E-state index contributed by atoms with van der Waals surface area (Å²) < 4.78 is 0. The molecule has 1 aliphatic carbocycles. The maximum absolute atomic E-state index is 11.8. The van der Waals surface area contributed by atoms with E-state index in [-0.39, 0.29) is 5.92 Å². The lowest BCUT2D eigenvalue weighted by atomic mass is 9.82. The van der Waals surface area contributed by atoms with Crippen molar-refractivity contribution in [1.29, 1.82) is 0 Å².